The number of nitrogens with one attached hydrogen (secondary N) is 1. The number of amides is 1. The van der Waals surface area contributed by atoms with Crippen molar-refractivity contribution >= 4 is 29.0 Å². The molecule has 0 bridgehead atoms. The van der Waals surface area contributed by atoms with Crippen molar-refractivity contribution in [2.75, 3.05) is 12.0 Å². The van der Waals surface area contributed by atoms with Gasteiger partial charge in [0.15, 0.2) is 10.8 Å². The van der Waals surface area contributed by atoms with E-state index in [1.807, 2.05) is 23.8 Å². The van der Waals surface area contributed by atoms with E-state index in [0.29, 0.717) is 13.0 Å². The van der Waals surface area contributed by atoms with Crippen molar-refractivity contribution in [1.29, 1.82) is 0 Å². The molecular formula is C13H17N3O2S2. The molecule has 0 aliphatic carbocycles. The third-order valence-electron chi connectivity index (χ3n) is 2.70. The molecule has 0 saturated heterocycles. The summed E-state index contributed by atoms with van der Waals surface area (Å²) in [5, 5.41) is 5.53. The Kier molecular flexibility index (Phi) is 5.63. The van der Waals surface area contributed by atoms with Crippen molar-refractivity contribution in [1.82, 2.24) is 10.3 Å². The summed E-state index contributed by atoms with van der Waals surface area (Å²) >= 11 is 3.17. The third kappa shape index (κ3) is 4.09. The Bertz CT molecular complexity index is 540. The Morgan fingerprint density at radius 2 is 2.50 bits per heavy atom. The molecule has 2 heterocycles. The molecule has 0 aliphatic heterocycles. The summed E-state index contributed by atoms with van der Waals surface area (Å²) in [6.07, 6.45) is 4.29. The van der Waals surface area contributed by atoms with Crippen LogP contribution in [0.3, 0.4) is 0 Å². The molecule has 5 nitrogen and oxygen atoms in total. The smallest absolute Gasteiger partial charge is 0.237 e. The molecule has 0 saturated carbocycles. The molecule has 2 aromatic heterocycles. The number of nitrogens with two attached hydrogens (primary N) is 1. The van der Waals surface area contributed by atoms with Gasteiger partial charge < -0.3 is 15.5 Å². The first-order valence-electron chi connectivity index (χ1n) is 6.21. The van der Waals surface area contributed by atoms with Gasteiger partial charge in [-0.3, -0.25) is 4.79 Å². The van der Waals surface area contributed by atoms with E-state index in [9.17, 15) is 4.79 Å². The molecule has 0 radical (unpaired) electrons. The fourth-order valence-corrected chi connectivity index (χ4v) is 2.86. The van der Waals surface area contributed by atoms with Crippen molar-refractivity contribution < 1.29 is 9.21 Å². The Morgan fingerprint density at radius 3 is 3.20 bits per heavy atom. The lowest BCUT2D eigenvalue weighted by molar-refractivity contribution is -0.122. The van der Waals surface area contributed by atoms with E-state index in [1.54, 1.807) is 18.0 Å². The van der Waals surface area contributed by atoms with Gasteiger partial charge in [-0.1, -0.05) is 0 Å². The molecule has 0 fully saturated rings. The van der Waals surface area contributed by atoms with Gasteiger partial charge in [-0.25, -0.2) is 4.98 Å². The number of thiazole rings is 1. The van der Waals surface area contributed by atoms with E-state index in [-0.39, 0.29) is 5.91 Å². The van der Waals surface area contributed by atoms with Crippen LogP contribution in [0.2, 0.25) is 0 Å². The molecule has 0 spiro atoms. The van der Waals surface area contributed by atoms with E-state index in [1.165, 1.54) is 11.3 Å². The lowest BCUT2D eigenvalue weighted by atomic mass is 10.2. The fraction of sp³-hybridized carbons (Fsp3) is 0.385. The van der Waals surface area contributed by atoms with Crippen LogP contribution in [0.25, 0.3) is 10.8 Å². The number of thioether (sulfide) groups is 1. The second-order valence-electron chi connectivity index (χ2n) is 4.23. The number of hydrogen-bond donors (Lipinski definition) is 2. The molecule has 0 aliphatic rings. The second kappa shape index (κ2) is 7.47. The molecule has 2 aromatic rings. The molecule has 2 rings (SSSR count). The highest BCUT2D eigenvalue weighted by Gasteiger charge is 2.13. The fourth-order valence-electron chi connectivity index (χ4n) is 1.59. The van der Waals surface area contributed by atoms with Gasteiger partial charge in [0.2, 0.25) is 5.91 Å². The average Bonchev–Trinajstić information content (AvgIpc) is 3.12. The Hall–Kier alpha value is -1.31. The van der Waals surface area contributed by atoms with Gasteiger partial charge in [-0.2, -0.15) is 11.8 Å². The molecule has 7 heteroatoms. The first-order valence-corrected chi connectivity index (χ1v) is 8.48. The minimum atomic E-state index is -0.453. The van der Waals surface area contributed by atoms with Gasteiger partial charge in [-0.15, -0.1) is 11.3 Å². The third-order valence-corrected chi connectivity index (χ3v) is 4.25. The van der Waals surface area contributed by atoms with Crippen LogP contribution in [0.4, 0.5) is 0 Å². The molecule has 1 amide bonds. The number of aromatic nitrogens is 1. The van der Waals surface area contributed by atoms with Crippen LogP contribution in [-0.2, 0) is 11.3 Å². The zero-order valence-corrected chi connectivity index (χ0v) is 12.8. The quantitative estimate of drug-likeness (QED) is 0.818. The lowest BCUT2D eigenvalue weighted by Gasteiger charge is -2.10. The van der Waals surface area contributed by atoms with Gasteiger partial charge >= 0.3 is 0 Å². The maximum absolute atomic E-state index is 11.8. The summed E-state index contributed by atoms with van der Waals surface area (Å²) in [6.45, 7) is 0.392. The Balaban J connectivity index is 1.84. The van der Waals surface area contributed by atoms with Crippen LogP contribution in [0.15, 0.2) is 28.2 Å². The summed E-state index contributed by atoms with van der Waals surface area (Å²) in [6, 6.07) is 3.23. The summed E-state index contributed by atoms with van der Waals surface area (Å²) in [5.41, 5.74) is 6.60. The average molecular weight is 311 g/mol. The number of nitrogens with zero attached hydrogens (tertiary/aromatic N) is 1. The molecule has 108 valence electrons. The van der Waals surface area contributed by atoms with E-state index < -0.39 is 6.04 Å². The molecule has 20 heavy (non-hydrogen) atoms. The highest BCUT2D eigenvalue weighted by atomic mass is 32.2. The van der Waals surface area contributed by atoms with Gasteiger partial charge in [0.25, 0.3) is 0 Å². The number of rotatable bonds is 7. The van der Waals surface area contributed by atoms with Crippen LogP contribution in [0, 0.1) is 0 Å². The monoisotopic (exact) mass is 311 g/mol. The first-order chi connectivity index (χ1) is 9.70. The minimum Gasteiger partial charge on any atom is -0.462 e. The maximum atomic E-state index is 11.8. The van der Waals surface area contributed by atoms with E-state index in [0.717, 1.165) is 22.2 Å². The molecular weight excluding hydrogens is 294 g/mol. The number of carbonyl (C=O) groups is 1. The van der Waals surface area contributed by atoms with E-state index >= 15 is 0 Å². The van der Waals surface area contributed by atoms with Crippen molar-refractivity contribution in [3.05, 3.63) is 29.5 Å². The number of hydrogen-bond acceptors (Lipinski definition) is 6. The minimum absolute atomic E-state index is 0.133. The maximum Gasteiger partial charge on any atom is 0.237 e. The predicted octanol–water partition coefficient (Wildman–Crippen LogP) is 2.10. The molecule has 3 N–H and O–H groups in total. The highest BCUT2D eigenvalue weighted by Crippen LogP contribution is 2.23. The summed E-state index contributed by atoms with van der Waals surface area (Å²) < 4.78 is 5.28. The lowest BCUT2D eigenvalue weighted by Crippen LogP contribution is -2.40. The predicted molar refractivity (Wildman–Crippen MR) is 82.6 cm³/mol. The standard InChI is InChI=1S/C13H17N3O2S2/c1-19-6-4-10(14)12(17)15-7-9-8-20-13(16-9)11-3-2-5-18-11/h2-3,5,8,10H,4,6-7,14H2,1H3,(H,15,17)/t10-/m0/s1. The van der Waals surface area contributed by atoms with Crippen molar-refractivity contribution in [2.24, 2.45) is 5.73 Å². The summed E-state index contributed by atoms with van der Waals surface area (Å²) in [4.78, 5) is 16.2. The van der Waals surface area contributed by atoms with Gasteiger partial charge in [0, 0.05) is 5.38 Å². The van der Waals surface area contributed by atoms with Crippen molar-refractivity contribution in [3.63, 3.8) is 0 Å². The molecule has 0 aromatic carbocycles. The summed E-state index contributed by atoms with van der Waals surface area (Å²) in [5.74, 6) is 1.49. The number of carbonyl (C=O) groups excluding carboxylic acids is 1. The zero-order chi connectivity index (χ0) is 14.4. The van der Waals surface area contributed by atoms with Crippen LogP contribution < -0.4 is 11.1 Å². The number of furan rings is 1. The van der Waals surface area contributed by atoms with Gasteiger partial charge in [-0.05, 0) is 30.6 Å². The SMILES string of the molecule is CSCC[C@H](N)C(=O)NCc1csc(-c2ccco2)n1. The van der Waals surface area contributed by atoms with Crippen molar-refractivity contribution in [2.45, 2.75) is 19.0 Å². The van der Waals surface area contributed by atoms with Crippen LogP contribution >= 0.6 is 23.1 Å². The second-order valence-corrected chi connectivity index (χ2v) is 6.07. The topological polar surface area (TPSA) is 81.2 Å². The van der Waals surface area contributed by atoms with Crippen LogP contribution in [0.5, 0.6) is 0 Å². The largest absolute Gasteiger partial charge is 0.462 e. The normalized spacial score (nSPS) is 12.3. The highest BCUT2D eigenvalue weighted by molar-refractivity contribution is 7.98. The van der Waals surface area contributed by atoms with E-state index in [4.69, 9.17) is 10.2 Å². The Morgan fingerprint density at radius 1 is 1.65 bits per heavy atom. The van der Waals surface area contributed by atoms with E-state index in [2.05, 4.69) is 10.3 Å². The Labute approximate surface area is 126 Å². The summed E-state index contributed by atoms with van der Waals surface area (Å²) in [7, 11) is 0. The van der Waals surface area contributed by atoms with Crippen LogP contribution in [0.1, 0.15) is 12.1 Å². The van der Waals surface area contributed by atoms with Gasteiger partial charge in [0.05, 0.1) is 24.5 Å². The molecule has 1 atom stereocenters. The first kappa shape index (κ1) is 15.1. The van der Waals surface area contributed by atoms with Crippen molar-refractivity contribution in [3.8, 4) is 10.8 Å². The zero-order valence-electron chi connectivity index (χ0n) is 11.2. The molecule has 0 unspecified atom stereocenters. The van der Waals surface area contributed by atoms with Gasteiger partial charge in [0.1, 0.15) is 0 Å². The van der Waals surface area contributed by atoms with Crippen LogP contribution in [-0.4, -0.2) is 28.9 Å².